The first-order valence-corrected chi connectivity index (χ1v) is 7.09. The molecule has 0 aromatic carbocycles. The SMILES string of the molecule is CC(C)CC(OOC(C)(C)C)C(C)OOC(C)(C)C. The van der Waals surface area contributed by atoms with Crippen molar-refractivity contribution in [2.75, 3.05) is 0 Å². The molecule has 2 unspecified atom stereocenters. The van der Waals surface area contributed by atoms with Crippen molar-refractivity contribution < 1.29 is 19.6 Å². The maximum absolute atomic E-state index is 5.54. The molecular formula is C15H32O4. The van der Waals surface area contributed by atoms with Crippen LogP contribution >= 0.6 is 0 Å². The van der Waals surface area contributed by atoms with Crippen LogP contribution in [0.1, 0.15) is 68.7 Å². The van der Waals surface area contributed by atoms with E-state index in [9.17, 15) is 0 Å². The van der Waals surface area contributed by atoms with Crippen molar-refractivity contribution >= 4 is 0 Å². The Bertz CT molecular complexity index is 238. The third-order valence-corrected chi connectivity index (χ3v) is 2.10. The lowest BCUT2D eigenvalue weighted by Gasteiger charge is -2.29. The summed E-state index contributed by atoms with van der Waals surface area (Å²) in [4.78, 5) is 21.7. The molecule has 0 heterocycles. The van der Waals surface area contributed by atoms with E-state index in [-0.39, 0.29) is 23.4 Å². The molecule has 2 atom stereocenters. The van der Waals surface area contributed by atoms with Gasteiger partial charge in [-0.15, -0.1) is 0 Å². The van der Waals surface area contributed by atoms with Gasteiger partial charge in [0, 0.05) is 0 Å². The van der Waals surface area contributed by atoms with E-state index in [2.05, 4.69) is 13.8 Å². The molecule has 0 aromatic rings. The van der Waals surface area contributed by atoms with Gasteiger partial charge in [-0.1, -0.05) is 13.8 Å². The van der Waals surface area contributed by atoms with E-state index >= 15 is 0 Å². The first-order valence-electron chi connectivity index (χ1n) is 7.09. The third kappa shape index (κ3) is 11.4. The lowest BCUT2D eigenvalue weighted by Crippen LogP contribution is -2.35. The molecule has 0 saturated heterocycles. The Balaban J connectivity index is 4.39. The summed E-state index contributed by atoms with van der Waals surface area (Å²) in [6, 6.07) is 0. The lowest BCUT2D eigenvalue weighted by molar-refractivity contribution is -0.429. The Kier molecular flexibility index (Phi) is 7.51. The largest absolute Gasteiger partial charge is 0.231 e. The van der Waals surface area contributed by atoms with E-state index in [0.717, 1.165) is 6.42 Å². The lowest BCUT2D eigenvalue weighted by atomic mass is 10.0. The molecule has 0 N–H and O–H groups in total. The van der Waals surface area contributed by atoms with Gasteiger partial charge in [0.2, 0.25) is 0 Å². The number of rotatable bonds is 7. The van der Waals surface area contributed by atoms with Crippen LogP contribution in [-0.4, -0.2) is 23.4 Å². The van der Waals surface area contributed by atoms with Crippen LogP contribution in [-0.2, 0) is 19.6 Å². The minimum absolute atomic E-state index is 0.151. The molecule has 0 fully saturated rings. The standard InChI is InChI=1S/C15H32O4/c1-11(2)10-13(17-19-15(7,8)9)12(3)16-18-14(4,5)6/h11-13H,10H2,1-9H3. The molecule has 0 aromatic heterocycles. The summed E-state index contributed by atoms with van der Waals surface area (Å²) in [5.74, 6) is 0.495. The van der Waals surface area contributed by atoms with Crippen LogP contribution in [0.2, 0.25) is 0 Å². The van der Waals surface area contributed by atoms with Crippen LogP contribution in [0.5, 0.6) is 0 Å². The normalized spacial score (nSPS) is 16.7. The van der Waals surface area contributed by atoms with Gasteiger partial charge in [-0.2, -0.15) is 0 Å². The van der Waals surface area contributed by atoms with Crippen LogP contribution in [0.25, 0.3) is 0 Å². The van der Waals surface area contributed by atoms with E-state index < -0.39 is 0 Å². The Morgan fingerprint density at radius 3 is 1.53 bits per heavy atom. The predicted molar refractivity (Wildman–Crippen MR) is 76.6 cm³/mol. The fourth-order valence-corrected chi connectivity index (χ4v) is 1.26. The molecule has 4 nitrogen and oxygen atoms in total. The van der Waals surface area contributed by atoms with Gasteiger partial charge in [0.15, 0.2) is 0 Å². The van der Waals surface area contributed by atoms with Gasteiger partial charge in [-0.3, -0.25) is 0 Å². The molecular weight excluding hydrogens is 244 g/mol. The Morgan fingerprint density at radius 1 is 0.737 bits per heavy atom. The summed E-state index contributed by atoms with van der Waals surface area (Å²) in [6.45, 7) is 17.9. The maximum Gasteiger partial charge on any atom is 0.122 e. The predicted octanol–water partition coefficient (Wildman–Crippen LogP) is 4.28. The second kappa shape index (κ2) is 7.58. The number of hydrogen-bond acceptors (Lipinski definition) is 4. The van der Waals surface area contributed by atoms with Crippen molar-refractivity contribution in [1.82, 2.24) is 0 Å². The Labute approximate surface area is 118 Å². The highest BCUT2D eigenvalue weighted by molar-refractivity contribution is 4.67. The zero-order valence-corrected chi connectivity index (χ0v) is 14.1. The molecule has 4 heteroatoms. The van der Waals surface area contributed by atoms with Gasteiger partial charge in [-0.25, -0.2) is 19.6 Å². The van der Waals surface area contributed by atoms with Crippen molar-refractivity contribution in [3.8, 4) is 0 Å². The monoisotopic (exact) mass is 276 g/mol. The van der Waals surface area contributed by atoms with E-state index in [4.69, 9.17) is 19.6 Å². The van der Waals surface area contributed by atoms with Crippen LogP contribution in [0.15, 0.2) is 0 Å². The van der Waals surface area contributed by atoms with E-state index in [1.165, 1.54) is 0 Å². The zero-order chi connectivity index (χ0) is 15.3. The second-order valence-corrected chi connectivity index (χ2v) is 7.46. The summed E-state index contributed by atoms with van der Waals surface area (Å²) in [5, 5.41) is 0. The molecule has 116 valence electrons. The topological polar surface area (TPSA) is 36.9 Å². The van der Waals surface area contributed by atoms with Crippen molar-refractivity contribution in [1.29, 1.82) is 0 Å². The van der Waals surface area contributed by atoms with Crippen molar-refractivity contribution in [2.24, 2.45) is 5.92 Å². The van der Waals surface area contributed by atoms with Gasteiger partial charge < -0.3 is 0 Å². The highest BCUT2D eigenvalue weighted by Gasteiger charge is 2.26. The van der Waals surface area contributed by atoms with Crippen molar-refractivity contribution in [3.63, 3.8) is 0 Å². The minimum Gasteiger partial charge on any atom is -0.231 e. The van der Waals surface area contributed by atoms with Gasteiger partial charge >= 0.3 is 0 Å². The van der Waals surface area contributed by atoms with Gasteiger partial charge in [0.25, 0.3) is 0 Å². The van der Waals surface area contributed by atoms with E-state index in [1.807, 2.05) is 48.5 Å². The maximum atomic E-state index is 5.54. The molecule has 0 bridgehead atoms. The smallest absolute Gasteiger partial charge is 0.122 e. The Hall–Kier alpha value is -0.160. The van der Waals surface area contributed by atoms with Crippen LogP contribution < -0.4 is 0 Å². The molecule has 0 aliphatic heterocycles. The number of hydrogen-bond donors (Lipinski definition) is 0. The van der Waals surface area contributed by atoms with Crippen LogP contribution in [0.3, 0.4) is 0 Å². The molecule has 0 amide bonds. The molecule has 0 radical (unpaired) electrons. The molecule has 0 spiro atoms. The van der Waals surface area contributed by atoms with E-state index in [1.54, 1.807) is 0 Å². The third-order valence-electron chi connectivity index (χ3n) is 2.10. The van der Waals surface area contributed by atoms with Gasteiger partial charge in [0.05, 0.1) is 11.2 Å². The molecule has 0 aliphatic carbocycles. The fraction of sp³-hybridized carbons (Fsp3) is 1.00. The van der Waals surface area contributed by atoms with Crippen LogP contribution in [0.4, 0.5) is 0 Å². The van der Waals surface area contributed by atoms with E-state index in [0.29, 0.717) is 5.92 Å². The summed E-state index contributed by atoms with van der Waals surface area (Å²) >= 11 is 0. The average molecular weight is 276 g/mol. The Morgan fingerprint density at radius 2 is 1.16 bits per heavy atom. The van der Waals surface area contributed by atoms with Gasteiger partial charge in [0.1, 0.15) is 12.2 Å². The molecule has 0 rings (SSSR count). The highest BCUT2D eigenvalue weighted by Crippen LogP contribution is 2.20. The molecule has 0 saturated carbocycles. The summed E-state index contributed by atoms with van der Waals surface area (Å²) < 4.78 is 0. The summed E-state index contributed by atoms with van der Waals surface area (Å²) in [7, 11) is 0. The fourth-order valence-electron chi connectivity index (χ4n) is 1.26. The van der Waals surface area contributed by atoms with Crippen molar-refractivity contribution in [2.45, 2.75) is 92.1 Å². The molecule has 0 aliphatic rings. The molecule has 19 heavy (non-hydrogen) atoms. The summed E-state index contributed by atoms with van der Waals surface area (Å²) in [5.41, 5.74) is -0.665. The summed E-state index contributed by atoms with van der Waals surface area (Å²) in [6.07, 6.45) is 0.510. The minimum atomic E-state index is -0.333. The zero-order valence-electron chi connectivity index (χ0n) is 14.1. The second-order valence-electron chi connectivity index (χ2n) is 7.46. The average Bonchev–Trinajstić information content (AvgIpc) is 2.18. The van der Waals surface area contributed by atoms with Crippen LogP contribution in [0, 0.1) is 5.92 Å². The van der Waals surface area contributed by atoms with Crippen molar-refractivity contribution in [3.05, 3.63) is 0 Å². The first kappa shape index (κ1) is 18.8. The van der Waals surface area contributed by atoms with Gasteiger partial charge in [-0.05, 0) is 60.8 Å². The quantitative estimate of drug-likeness (QED) is 0.513. The first-order chi connectivity index (χ1) is 8.41. The highest BCUT2D eigenvalue weighted by atomic mass is 17.2.